The molecule has 2 N–H and O–H groups in total. The molecule has 0 spiro atoms. The number of ketones is 2. The molecule has 4 nitrogen and oxygen atoms in total. The Morgan fingerprint density at radius 3 is 1.48 bits per heavy atom. The van der Waals surface area contributed by atoms with E-state index < -0.39 is 0 Å². The van der Waals surface area contributed by atoms with Gasteiger partial charge in [0.15, 0.2) is 11.6 Å². The van der Waals surface area contributed by atoms with E-state index >= 15 is 0 Å². The molecule has 0 bridgehead atoms. The van der Waals surface area contributed by atoms with Gasteiger partial charge >= 0.3 is 0 Å². The highest BCUT2D eigenvalue weighted by Gasteiger charge is 2.33. The number of nitrogens with one attached hydrogen (secondary N) is 2. The van der Waals surface area contributed by atoms with E-state index in [0.29, 0.717) is 46.7 Å². The van der Waals surface area contributed by atoms with Crippen molar-refractivity contribution in [2.24, 2.45) is 0 Å². The third-order valence-corrected chi connectivity index (χ3v) is 3.81. The van der Waals surface area contributed by atoms with E-state index in [0.717, 1.165) is 0 Å². The third kappa shape index (κ3) is 2.61. The van der Waals surface area contributed by atoms with Gasteiger partial charge in [-0.3, -0.25) is 9.59 Å². The van der Waals surface area contributed by atoms with Gasteiger partial charge in [-0.15, -0.1) is 0 Å². The summed E-state index contributed by atoms with van der Waals surface area (Å²) < 4.78 is 0. The number of carbonyl (C=O) groups excluding carboxylic acids is 2. The van der Waals surface area contributed by atoms with Crippen LogP contribution in [0, 0.1) is 0 Å². The van der Waals surface area contributed by atoms with E-state index in [1.54, 1.807) is 24.3 Å². The molecular weight excluding hydrogens is 288 g/mol. The van der Waals surface area contributed by atoms with Crippen LogP contribution in [0.25, 0.3) is 0 Å². The van der Waals surface area contributed by atoms with Crippen LogP contribution in [0.15, 0.2) is 36.4 Å². The van der Waals surface area contributed by atoms with Crippen molar-refractivity contribution in [3.63, 3.8) is 0 Å². The van der Waals surface area contributed by atoms with Crippen LogP contribution in [0.4, 0.5) is 11.4 Å². The maximum absolute atomic E-state index is 12.9. The molecule has 4 heteroatoms. The number of hydrogen-bond donors (Lipinski definition) is 2. The molecule has 0 aromatic heterocycles. The zero-order valence-electron chi connectivity index (χ0n) is 12.7. The van der Waals surface area contributed by atoms with Crippen molar-refractivity contribution in [2.45, 2.75) is 21.3 Å². The van der Waals surface area contributed by atoms with Crippen molar-refractivity contribution in [3.8, 4) is 0 Å². The Labute approximate surface area is 136 Å². The van der Waals surface area contributed by atoms with Crippen LogP contribution in [0.3, 0.4) is 0 Å². The highest BCUT2D eigenvalue weighted by Crippen LogP contribution is 2.36. The summed E-state index contributed by atoms with van der Waals surface area (Å²) >= 11 is 0. The van der Waals surface area contributed by atoms with E-state index in [-0.39, 0.29) is 19.0 Å². The fourth-order valence-corrected chi connectivity index (χ4v) is 2.90. The molecule has 0 saturated carbocycles. The summed E-state index contributed by atoms with van der Waals surface area (Å²) in [6.45, 7) is 5.31. The summed E-state index contributed by atoms with van der Waals surface area (Å²) in [5, 5.41) is 6.37. The molecule has 0 saturated heterocycles. The first-order chi connectivity index (χ1) is 10.7. The lowest BCUT2D eigenvalue weighted by atomic mass is 9.82. The van der Waals surface area contributed by atoms with Crippen LogP contribution < -0.4 is 10.6 Å². The minimum Gasteiger partial charge on any atom is -0.385 e. The fourth-order valence-electron chi connectivity index (χ4n) is 2.90. The van der Waals surface area contributed by atoms with E-state index in [4.69, 9.17) is 0 Å². The molecule has 2 aromatic carbocycles. The number of hydrogen-bond acceptors (Lipinski definition) is 4. The molecule has 2 aromatic rings. The molecule has 0 fully saturated rings. The molecule has 1 aliphatic rings. The van der Waals surface area contributed by atoms with Gasteiger partial charge in [-0.25, -0.2) is 0 Å². The lowest BCUT2D eigenvalue weighted by Crippen LogP contribution is -2.24. The van der Waals surface area contributed by atoms with Gasteiger partial charge in [-0.2, -0.15) is 0 Å². The Morgan fingerprint density at radius 2 is 1.13 bits per heavy atom. The summed E-state index contributed by atoms with van der Waals surface area (Å²) in [5.41, 5.74) is 3.34. The largest absolute Gasteiger partial charge is 0.385 e. The number of anilines is 2. The van der Waals surface area contributed by atoms with Crippen molar-refractivity contribution >= 4 is 22.9 Å². The van der Waals surface area contributed by atoms with Crippen LogP contribution in [0.2, 0.25) is 0 Å². The molecule has 1 aliphatic carbocycles. The van der Waals surface area contributed by atoms with E-state index in [1.165, 1.54) is 0 Å². The summed E-state index contributed by atoms with van der Waals surface area (Å²) in [4.78, 5) is 25.8. The van der Waals surface area contributed by atoms with E-state index in [2.05, 4.69) is 10.6 Å². The summed E-state index contributed by atoms with van der Waals surface area (Å²) in [6.07, 6.45) is 0. The minimum atomic E-state index is -0.0964. The molecular formula is C19H22N2O2. The predicted octanol–water partition coefficient (Wildman–Crippen LogP) is 3.96. The molecule has 3 rings (SSSR count). The predicted molar refractivity (Wildman–Crippen MR) is 94.8 cm³/mol. The Morgan fingerprint density at radius 1 is 0.739 bits per heavy atom. The van der Waals surface area contributed by atoms with Crippen LogP contribution in [-0.2, 0) is 0 Å². The Kier molecular flexibility index (Phi) is 4.84. The maximum atomic E-state index is 12.9. The second-order valence-corrected chi connectivity index (χ2v) is 5.18. The highest BCUT2D eigenvalue weighted by atomic mass is 16.1. The number of rotatable bonds is 4. The van der Waals surface area contributed by atoms with Gasteiger partial charge in [-0.1, -0.05) is 31.7 Å². The van der Waals surface area contributed by atoms with Crippen LogP contribution >= 0.6 is 0 Å². The number of benzene rings is 2. The monoisotopic (exact) mass is 310 g/mol. The molecule has 23 heavy (non-hydrogen) atoms. The number of carbonyl (C=O) groups is 2. The minimum absolute atomic E-state index is 0. The Bertz CT molecular complexity index is 702. The van der Waals surface area contributed by atoms with E-state index in [9.17, 15) is 9.59 Å². The van der Waals surface area contributed by atoms with Crippen molar-refractivity contribution < 1.29 is 9.59 Å². The first-order valence-corrected chi connectivity index (χ1v) is 7.52. The Hall–Kier alpha value is -2.62. The number of fused-ring (bicyclic) bond motifs is 2. The van der Waals surface area contributed by atoms with Gasteiger partial charge in [0.25, 0.3) is 0 Å². The van der Waals surface area contributed by atoms with Crippen molar-refractivity contribution in [3.05, 3.63) is 58.7 Å². The molecule has 0 aliphatic heterocycles. The first-order valence-electron chi connectivity index (χ1n) is 7.52. The van der Waals surface area contributed by atoms with Gasteiger partial charge in [0.1, 0.15) is 0 Å². The second-order valence-electron chi connectivity index (χ2n) is 5.18. The van der Waals surface area contributed by atoms with Crippen molar-refractivity contribution in [2.75, 3.05) is 23.7 Å². The topological polar surface area (TPSA) is 58.2 Å². The van der Waals surface area contributed by atoms with Crippen LogP contribution in [-0.4, -0.2) is 24.7 Å². The lowest BCUT2D eigenvalue weighted by Gasteiger charge is -2.23. The zero-order chi connectivity index (χ0) is 15.7. The molecule has 0 heterocycles. The van der Waals surface area contributed by atoms with Gasteiger partial charge < -0.3 is 10.6 Å². The lowest BCUT2D eigenvalue weighted by molar-refractivity contribution is 0.0980. The zero-order valence-corrected chi connectivity index (χ0v) is 12.7. The second kappa shape index (κ2) is 6.65. The standard InChI is InChI=1S/C18H18N2O2.CH4/c1-3-19-13-9-10-14(20-4-2)16-15(13)17(21)11-7-5-6-8-12(11)18(16)22;/h5-10,19-20H,3-4H2,1-2H3;1H4. The molecule has 0 atom stereocenters. The maximum Gasteiger partial charge on any atom is 0.196 e. The van der Waals surface area contributed by atoms with Gasteiger partial charge in [0.05, 0.1) is 11.1 Å². The van der Waals surface area contributed by atoms with Gasteiger partial charge in [0, 0.05) is 35.6 Å². The molecule has 0 amide bonds. The van der Waals surface area contributed by atoms with Crippen molar-refractivity contribution in [1.29, 1.82) is 0 Å². The average molecular weight is 310 g/mol. The molecule has 0 radical (unpaired) electrons. The SMILES string of the molecule is C.CCNc1ccc(NCC)c2c1C(=O)c1ccccc1C2=O. The highest BCUT2D eigenvalue weighted by molar-refractivity contribution is 6.31. The average Bonchev–Trinajstić information content (AvgIpc) is 2.54. The quantitative estimate of drug-likeness (QED) is 0.766. The summed E-state index contributed by atoms with van der Waals surface area (Å²) in [5.74, 6) is -0.193. The van der Waals surface area contributed by atoms with E-state index in [1.807, 2.05) is 26.0 Å². The van der Waals surface area contributed by atoms with Crippen LogP contribution in [0.1, 0.15) is 53.1 Å². The summed E-state index contributed by atoms with van der Waals surface area (Å²) in [6, 6.07) is 10.7. The molecule has 0 unspecified atom stereocenters. The van der Waals surface area contributed by atoms with Gasteiger partial charge in [0.2, 0.25) is 0 Å². The van der Waals surface area contributed by atoms with Gasteiger partial charge in [-0.05, 0) is 26.0 Å². The fraction of sp³-hybridized carbons (Fsp3) is 0.263. The third-order valence-electron chi connectivity index (χ3n) is 3.81. The van der Waals surface area contributed by atoms with Crippen molar-refractivity contribution in [1.82, 2.24) is 0 Å². The summed E-state index contributed by atoms with van der Waals surface area (Å²) in [7, 11) is 0. The normalized spacial score (nSPS) is 12.1. The van der Waals surface area contributed by atoms with Crippen LogP contribution in [0.5, 0.6) is 0 Å². The Balaban J connectivity index is 0.00000192. The first kappa shape index (κ1) is 16.7. The smallest absolute Gasteiger partial charge is 0.196 e. The molecule has 120 valence electrons.